The lowest BCUT2D eigenvalue weighted by Crippen LogP contribution is -1.82. The highest BCUT2D eigenvalue weighted by atomic mass is 16.5. The molecule has 0 saturated heterocycles. The number of ether oxygens (including phenoxy) is 1. The molecule has 0 bridgehead atoms. The Morgan fingerprint density at radius 3 is 1.89 bits per heavy atom. The van der Waals surface area contributed by atoms with Gasteiger partial charge in [-0.05, 0) is 11.1 Å². The summed E-state index contributed by atoms with van der Waals surface area (Å²) in [6, 6.07) is 0. The molecule has 0 atom stereocenters. The SMILES string of the molecule is C=CC1=C(C=C)COC1. The summed E-state index contributed by atoms with van der Waals surface area (Å²) in [6.07, 6.45) is 3.65. The van der Waals surface area contributed by atoms with Crippen LogP contribution >= 0.6 is 0 Å². The highest BCUT2D eigenvalue weighted by molar-refractivity contribution is 5.34. The molecule has 0 aromatic carbocycles. The summed E-state index contributed by atoms with van der Waals surface area (Å²) in [4.78, 5) is 0. The van der Waals surface area contributed by atoms with Crippen LogP contribution in [0.5, 0.6) is 0 Å². The van der Waals surface area contributed by atoms with Gasteiger partial charge < -0.3 is 4.74 Å². The molecular weight excluding hydrogens is 112 g/mol. The fourth-order valence-corrected chi connectivity index (χ4v) is 0.836. The van der Waals surface area contributed by atoms with Crippen LogP contribution in [0.1, 0.15) is 0 Å². The van der Waals surface area contributed by atoms with Gasteiger partial charge in [0.15, 0.2) is 0 Å². The Hall–Kier alpha value is -0.820. The van der Waals surface area contributed by atoms with Crippen molar-refractivity contribution in [3.63, 3.8) is 0 Å². The number of hydrogen-bond acceptors (Lipinski definition) is 1. The van der Waals surface area contributed by atoms with Gasteiger partial charge in [-0.1, -0.05) is 25.3 Å². The minimum atomic E-state index is 0.699. The molecule has 1 heterocycles. The average molecular weight is 122 g/mol. The molecule has 1 aliphatic heterocycles. The highest BCUT2D eigenvalue weighted by Gasteiger charge is 2.07. The van der Waals surface area contributed by atoms with Crippen molar-refractivity contribution in [2.45, 2.75) is 0 Å². The van der Waals surface area contributed by atoms with Gasteiger partial charge in [0.2, 0.25) is 0 Å². The van der Waals surface area contributed by atoms with Gasteiger partial charge in [0.25, 0.3) is 0 Å². The molecule has 1 aliphatic rings. The van der Waals surface area contributed by atoms with Crippen LogP contribution in [0.25, 0.3) is 0 Å². The van der Waals surface area contributed by atoms with Crippen molar-refractivity contribution in [1.82, 2.24) is 0 Å². The van der Waals surface area contributed by atoms with Crippen LogP contribution in [-0.2, 0) is 4.74 Å². The maximum absolute atomic E-state index is 5.13. The van der Waals surface area contributed by atoms with Crippen LogP contribution in [0.2, 0.25) is 0 Å². The third-order valence-corrected chi connectivity index (χ3v) is 1.42. The first-order valence-corrected chi connectivity index (χ1v) is 2.93. The van der Waals surface area contributed by atoms with E-state index in [1.807, 2.05) is 12.2 Å². The van der Waals surface area contributed by atoms with E-state index in [4.69, 9.17) is 4.74 Å². The Morgan fingerprint density at radius 1 is 1.11 bits per heavy atom. The third kappa shape index (κ3) is 1.11. The molecule has 1 nitrogen and oxygen atoms in total. The lowest BCUT2D eigenvalue weighted by Gasteiger charge is -1.88. The molecule has 0 saturated carbocycles. The van der Waals surface area contributed by atoms with Crippen molar-refractivity contribution in [3.8, 4) is 0 Å². The Morgan fingerprint density at radius 2 is 1.56 bits per heavy atom. The van der Waals surface area contributed by atoms with Crippen LogP contribution in [0, 0.1) is 0 Å². The van der Waals surface area contributed by atoms with Gasteiger partial charge in [0.05, 0.1) is 13.2 Å². The first-order chi connectivity index (χ1) is 4.38. The maximum atomic E-state index is 5.13. The first kappa shape index (κ1) is 6.30. The fraction of sp³-hybridized carbons (Fsp3) is 0.250. The summed E-state index contributed by atoms with van der Waals surface area (Å²) < 4.78 is 5.13. The summed E-state index contributed by atoms with van der Waals surface area (Å²) in [5.74, 6) is 0. The lowest BCUT2D eigenvalue weighted by molar-refractivity contribution is 0.207. The van der Waals surface area contributed by atoms with Crippen molar-refractivity contribution in [2.24, 2.45) is 0 Å². The van der Waals surface area contributed by atoms with Crippen molar-refractivity contribution in [3.05, 3.63) is 36.5 Å². The van der Waals surface area contributed by atoms with Crippen LogP contribution in [0.4, 0.5) is 0 Å². The minimum Gasteiger partial charge on any atom is -0.372 e. The lowest BCUT2D eigenvalue weighted by atomic mass is 10.1. The second-order valence-corrected chi connectivity index (χ2v) is 1.95. The predicted molar refractivity (Wildman–Crippen MR) is 38.2 cm³/mol. The standard InChI is InChI=1S/C8H10O/c1-3-7-5-9-6-8(7)4-2/h3-4H,1-2,5-6H2. The Bertz CT molecular complexity index is 147. The summed E-state index contributed by atoms with van der Waals surface area (Å²) in [6.45, 7) is 8.71. The van der Waals surface area contributed by atoms with Crippen LogP contribution < -0.4 is 0 Å². The summed E-state index contributed by atoms with van der Waals surface area (Å²) in [7, 11) is 0. The van der Waals surface area contributed by atoms with Crippen molar-refractivity contribution >= 4 is 0 Å². The van der Waals surface area contributed by atoms with Gasteiger partial charge >= 0.3 is 0 Å². The quantitative estimate of drug-likeness (QED) is 0.541. The fourth-order valence-electron chi connectivity index (χ4n) is 0.836. The smallest absolute Gasteiger partial charge is 0.0724 e. The van der Waals surface area contributed by atoms with Crippen LogP contribution in [0.3, 0.4) is 0 Å². The summed E-state index contributed by atoms with van der Waals surface area (Å²) in [5.41, 5.74) is 2.34. The zero-order chi connectivity index (χ0) is 6.69. The molecule has 0 N–H and O–H groups in total. The zero-order valence-electron chi connectivity index (χ0n) is 5.39. The van der Waals surface area contributed by atoms with Gasteiger partial charge in [-0.2, -0.15) is 0 Å². The Balaban J connectivity index is 2.81. The normalized spacial score (nSPS) is 18.2. The molecule has 0 unspecified atom stereocenters. The van der Waals surface area contributed by atoms with Crippen LogP contribution in [-0.4, -0.2) is 13.2 Å². The number of rotatable bonds is 2. The first-order valence-electron chi connectivity index (χ1n) is 2.93. The van der Waals surface area contributed by atoms with Crippen molar-refractivity contribution in [2.75, 3.05) is 13.2 Å². The monoisotopic (exact) mass is 122 g/mol. The molecule has 0 aromatic heterocycles. The number of hydrogen-bond donors (Lipinski definition) is 0. The topological polar surface area (TPSA) is 9.23 Å². The Labute approximate surface area is 55.3 Å². The second kappa shape index (κ2) is 2.65. The maximum Gasteiger partial charge on any atom is 0.0724 e. The molecule has 0 aliphatic carbocycles. The van der Waals surface area contributed by atoms with E-state index in [0.717, 1.165) is 0 Å². The molecule has 1 heteroatoms. The summed E-state index contributed by atoms with van der Waals surface area (Å²) in [5, 5.41) is 0. The molecular formula is C8H10O. The zero-order valence-corrected chi connectivity index (χ0v) is 5.39. The minimum absolute atomic E-state index is 0.699. The van der Waals surface area contributed by atoms with E-state index in [1.165, 1.54) is 11.1 Å². The molecule has 0 fully saturated rings. The van der Waals surface area contributed by atoms with E-state index in [1.54, 1.807) is 0 Å². The second-order valence-electron chi connectivity index (χ2n) is 1.95. The van der Waals surface area contributed by atoms with E-state index in [-0.39, 0.29) is 0 Å². The van der Waals surface area contributed by atoms with Crippen LogP contribution in [0.15, 0.2) is 36.5 Å². The highest BCUT2D eigenvalue weighted by Crippen LogP contribution is 2.14. The molecule has 48 valence electrons. The van der Waals surface area contributed by atoms with Gasteiger partial charge in [-0.25, -0.2) is 0 Å². The van der Waals surface area contributed by atoms with Gasteiger partial charge in [-0.15, -0.1) is 0 Å². The van der Waals surface area contributed by atoms with E-state index in [9.17, 15) is 0 Å². The predicted octanol–water partition coefficient (Wildman–Crippen LogP) is 1.69. The van der Waals surface area contributed by atoms with Gasteiger partial charge in [0, 0.05) is 0 Å². The van der Waals surface area contributed by atoms with E-state index in [0.29, 0.717) is 13.2 Å². The van der Waals surface area contributed by atoms with Crippen molar-refractivity contribution < 1.29 is 4.74 Å². The van der Waals surface area contributed by atoms with Gasteiger partial charge in [0.1, 0.15) is 0 Å². The van der Waals surface area contributed by atoms with E-state index >= 15 is 0 Å². The molecule has 0 amide bonds. The molecule has 0 radical (unpaired) electrons. The molecule has 0 spiro atoms. The molecule has 9 heavy (non-hydrogen) atoms. The van der Waals surface area contributed by atoms with Gasteiger partial charge in [-0.3, -0.25) is 0 Å². The largest absolute Gasteiger partial charge is 0.372 e. The Kier molecular flexibility index (Phi) is 1.85. The van der Waals surface area contributed by atoms with Crippen molar-refractivity contribution in [1.29, 1.82) is 0 Å². The molecule has 0 aromatic rings. The van der Waals surface area contributed by atoms with E-state index < -0.39 is 0 Å². The summed E-state index contributed by atoms with van der Waals surface area (Å²) >= 11 is 0. The van der Waals surface area contributed by atoms with E-state index in [2.05, 4.69) is 13.2 Å². The average Bonchev–Trinajstić information content (AvgIpc) is 2.33. The third-order valence-electron chi connectivity index (χ3n) is 1.42. The molecule has 1 rings (SSSR count).